The first-order chi connectivity index (χ1) is 9.19. The molecule has 3 rings (SSSR count). The number of ether oxygens (including phenoxy) is 5. The SMILES string of the molecule is CC1(C)O[C@H]2[C@H]([C@H]3COC(C)(C)O3)OC(=O)[C@@H](O)[C@H]2O1. The molecule has 0 radical (unpaired) electrons. The van der Waals surface area contributed by atoms with Crippen molar-refractivity contribution < 1.29 is 33.6 Å². The normalized spacial score (nSPS) is 46.0. The molecule has 7 heteroatoms. The van der Waals surface area contributed by atoms with Crippen molar-refractivity contribution in [3.05, 3.63) is 0 Å². The van der Waals surface area contributed by atoms with E-state index >= 15 is 0 Å². The van der Waals surface area contributed by atoms with E-state index in [1.54, 1.807) is 27.7 Å². The van der Waals surface area contributed by atoms with Crippen LogP contribution in [0.15, 0.2) is 0 Å². The highest BCUT2D eigenvalue weighted by molar-refractivity contribution is 5.76. The Bertz CT molecular complexity index is 419. The third-order valence-corrected chi connectivity index (χ3v) is 3.69. The zero-order valence-electron chi connectivity index (χ0n) is 12.0. The van der Waals surface area contributed by atoms with Gasteiger partial charge in [-0.1, -0.05) is 0 Å². The van der Waals surface area contributed by atoms with Gasteiger partial charge in [0.05, 0.1) is 6.61 Å². The summed E-state index contributed by atoms with van der Waals surface area (Å²) in [6, 6.07) is 0. The number of hydrogen-bond acceptors (Lipinski definition) is 7. The van der Waals surface area contributed by atoms with Gasteiger partial charge in [-0.2, -0.15) is 0 Å². The molecule has 0 aromatic rings. The zero-order valence-corrected chi connectivity index (χ0v) is 12.0. The maximum atomic E-state index is 11.8. The smallest absolute Gasteiger partial charge is 0.338 e. The molecule has 7 nitrogen and oxygen atoms in total. The van der Waals surface area contributed by atoms with E-state index in [0.717, 1.165) is 0 Å². The second-order valence-electron chi connectivity index (χ2n) is 6.28. The monoisotopic (exact) mass is 288 g/mol. The zero-order chi connectivity index (χ0) is 14.7. The van der Waals surface area contributed by atoms with Crippen LogP contribution in [0.3, 0.4) is 0 Å². The number of carbonyl (C=O) groups is 1. The topological polar surface area (TPSA) is 83.5 Å². The van der Waals surface area contributed by atoms with E-state index in [4.69, 9.17) is 23.7 Å². The summed E-state index contributed by atoms with van der Waals surface area (Å²) in [4.78, 5) is 11.8. The molecule has 114 valence electrons. The van der Waals surface area contributed by atoms with Crippen LogP contribution in [-0.2, 0) is 28.5 Å². The Labute approximate surface area is 117 Å². The van der Waals surface area contributed by atoms with Crippen LogP contribution >= 0.6 is 0 Å². The number of fused-ring (bicyclic) bond motifs is 1. The second kappa shape index (κ2) is 4.38. The lowest BCUT2D eigenvalue weighted by Gasteiger charge is -2.36. The Hall–Kier alpha value is -0.730. The summed E-state index contributed by atoms with van der Waals surface area (Å²) in [6.07, 6.45) is -3.75. The highest BCUT2D eigenvalue weighted by Crippen LogP contribution is 2.39. The van der Waals surface area contributed by atoms with Gasteiger partial charge in [-0.15, -0.1) is 0 Å². The molecule has 3 fully saturated rings. The van der Waals surface area contributed by atoms with Crippen molar-refractivity contribution in [3.8, 4) is 0 Å². The van der Waals surface area contributed by atoms with Crippen molar-refractivity contribution in [1.82, 2.24) is 0 Å². The summed E-state index contributed by atoms with van der Waals surface area (Å²) in [5.41, 5.74) is 0. The molecule has 0 saturated carbocycles. The molecule has 0 aromatic carbocycles. The number of hydrogen-bond donors (Lipinski definition) is 1. The maximum absolute atomic E-state index is 11.8. The van der Waals surface area contributed by atoms with Gasteiger partial charge < -0.3 is 28.8 Å². The Kier molecular flexibility index (Phi) is 3.11. The Morgan fingerprint density at radius 3 is 2.25 bits per heavy atom. The van der Waals surface area contributed by atoms with Crippen molar-refractivity contribution in [3.63, 3.8) is 0 Å². The molecule has 0 aliphatic carbocycles. The van der Waals surface area contributed by atoms with Crippen molar-refractivity contribution in [2.45, 2.75) is 69.8 Å². The van der Waals surface area contributed by atoms with Crippen molar-refractivity contribution in [1.29, 1.82) is 0 Å². The molecule has 0 unspecified atom stereocenters. The summed E-state index contributed by atoms with van der Waals surface area (Å²) in [5.74, 6) is -2.32. The highest BCUT2D eigenvalue weighted by Gasteiger charge is 2.58. The van der Waals surface area contributed by atoms with E-state index in [-0.39, 0.29) is 0 Å². The van der Waals surface area contributed by atoms with E-state index in [0.29, 0.717) is 6.61 Å². The van der Waals surface area contributed by atoms with E-state index in [2.05, 4.69) is 0 Å². The molecule has 3 aliphatic rings. The minimum absolute atomic E-state index is 0.300. The summed E-state index contributed by atoms with van der Waals surface area (Å²) in [7, 11) is 0. The summed E-state index contributed by atoms with van der Waals surface area (Å²) >= 11 is 0. The van der Waals surface area contributed by atoms with Gasteiger partial charge in [-0.05, 0) is 27.7 Å². The fourth-order valence-electron chi connectivity index (χ4n) is 2.89. The van der Waals surface area contributed by atoms with Crippen LogP contribution in [0.25, 0.3) is 0 Å². The van der Waals surface area contributed by atoms with Gasteiger partial charge in [0, 0.05) is 0 Å². The minimum atomic E-state index is -1.34. The molecular formula is C13H20O7. The fourth-order valence-corrected chi connectivity index (χ4v) is 2.89. The molecule has 0 amide bonds. The van der Waals surface area contributed by atoms with Gasteiger partial charge in [0.15, 0.2) is 23.8 Å². The molecule has 3 saturated heterocycles. The Morgan fingerprint density at radius 2 is 1.65 bits per heavy atom. The van der Waals surface area contributed by atoms with Crippen molar-refractivity contribution in [2.75, 3.05) is 6.61 Å². The first-order valence-electron chi connectivity index (χ1n) is 6.74. The molecule has 20 heavy (non-hydrogen) atoms. The van der Waals surface area contributed by atoms with Crippen LogP contribution in [0.1, 0.15) is 27.7 Å². The number of esters is 1. The third kappa shape index (κ3) is 2.33. The predicted molar refractivity (Wildman–Crippen MR) is 64.6 cm³/mol. The van der Waals surface area contributed by atoms with Crippen LogP contribution in [0.2, 0.25) is 0 Å². The molecule has 3 heterocycles. The Balaban J connectivity index is 1.82. The summed E-state index contributed by atoms with van der Waals surface area (Å²) < 4.78 is 27.9. The molecular weight excluding hydrogens is 268 g/mol. The molecule has 5 atom stereocenters. The summed E-state index contributed by atoms with van der Waals surface area (Å²) in [5, 5.41) is 9.89. The molecule has 0 spiro atoms. The molecule has 3 aliphatic heterocycles. The van der Waals surface area contributed by atoms with Crippen LogP contribution in [0, 0.1) is 0 Å². The first kappa shape index (κ1) is 14.2. The molecule has 0 aromatic heterocycles. The second-order valence-corrected chi connectivity index (χ2v) is 6.28. The number of aliphatic hydroxyl groups excluding tert-OH is 1. The largest absolute Gasteiger partial charge is 0.455 e. The lowest BCUT2D eigenvalue weighted by molar-refractivity contribution is -0.208. The van der Waals surface area contributed by atoms with Crippen molar-refractivity contribution in [2.24, 2.45) is 0 Å². The number of cyclic esters (lactones) is 1. The average Bonchev–Trinajstić information content (AvgIpc) is 2.83. The van der Waals surface area contributed by atoms with Crippen LogP contribution in [-0.4, -0.2) is 59.8 Å². The van der Waals surface area contributed by atoms with E-state index in [9.17, 15) is 9.90 Å². The highest BCUT2D eigenvalue weighted by atomic mass is 16.8. The van der Waals surface area contributed by atoms with Gasteiger partial charge in [0.1, 0.15) is 18.3 Å². The minimum Gasteiger partial charge on any atom is -0.455 e. The van der Waals surface area contributed by atoms with E-state index in [1.165, 1.54) is 0 Å². The number of carbonyl (C=O) groups excluding carboxylic acids is 1. The quantitative estimate of drug-likeness (QED) is 0.677. The summed E-state index contributed by atoms with van der Waals surface area (Å²) in [6.45, 7) is 7.35. The fraction of sp³-hybridized carbons (Fsp3) is 0.923. The van der Waals surface area contributed by atoms with Crippen LogP contribution < -0.4 is 0 Å². The van der Waals surface area contributed by atoms with Gasteiger partial charge in [0.2, 0.25) is 0 Å². The van der Waals surface area contributed by atoms with Gasteiger partial charge >= 0.3 is 5.97 Å². The molecule has 1 N–H and O–H groups in total. The van der Waals surface area contributed by atoms with Gasteiger partial charge in [-0.3, -0.25) is 0 Å². The van der Waals surface area contributed by atoms with Gasteiger partial charge in [0.25, 0.3) is 0 Å². The Morgan fingerprint density at radius 1 is 1.00 bits per heavy atom. The van der Waals surface area contributed by atoms with E-state index < -0.39 is 48.1 Å². The van der Waals surface area contributed by atoms with Crippen LogP contribution in [0.5, 0.6) is 0 Å². The average molecular weight is 288 g/mol. The van der Waals surface area contributed by atoms with E-state index in [1.807, 2.05) is 0 Å². The van der Waals surface area contributed by atoms with Crippen LogP contribution in [0.4, 0.5) is 0 Å². The number of rotatable bonds is 1. The first-order valence-corrected chi connectivity index (χ1v) is 6.74. The number of aliphatic hydroxyl groups is 1. The van der Waals surface area contributed by atoms with Crippen molar-refractivity contribution >= 4 is 5.97 Å². The lowest BCUT2D eigenvalue weighted by Crippen LogP contribution is -2.58. The standard InChI is InChI=1S/C13H20O7/c1-12(2)16-5-6(18-12)8-10-9(7(14)11(15)17-8)19-13(3,4)20-10/h6-10,14H,5H2,1-4H3/t6-,7+,8+,9-,10+/m1/s1. The third-order valence-electron chi connectivity index (χ3n) is 3.69. The predicted octanol–water partition coefficient (Wildman–Crippen LogP) is -0.0557. The van der Waals surface area contributed by atoms with Gasteiger partial charge in [-0.25, -0.2) is 4.79 Å². The maximum Gasteiger partial charge on any atom is 0.338 e. The molecule has 0 bridgehead atoms. The lowest BCUT2D eigenvalue weighted by atomic mass is 9.96.